The van der Waals surface area contributed by atoms with Crippen LogP contribution in [-0.4, -0.2) is 15.5 Å². The summed E-state index contributed by atoms with van der Waals surface area (Å²) in [6.07, 6.45) is 10.5. The fourth-order valence-electron chi connectivity index (χ4n) is 3.79. The lowest BCUT2D eigenvalue weighted by molar-refractivity contribution is 0.522. The number of halogens is 1. The number of guanidine groups is 1. The Balaban J connectivity index is 0.00000182. The second-order valence-corrected chi connectivity index (χ2v) is 6.78. The maximum atomic E-state index is 6.11. The molecule has 3 N–H and O–H groups in total. The van der Waals surface area contributed by atoms with Crippen molar-refractivity contribution < 1.29 is 0 Å². The van der Waals surface area contributed by atoms with Gasteiger partial charge in [-0.15, -0.1) is 24.0 Å². The normalized spacial score (nSPS) is 16.6. The van der Waals surface area contributed by atoms with Gasteiger partial charge in [-0.3, -0.25) is 0 Å². The van der Waals surface area contributed by atoms with Gasteiger partial charge in [0.25, 0.3) is 0 Å². The predicted octanol–water partition coefficient (Wildman–Crippen LogP) is 3.64. The van der Waals surface area contributed by atoms with Crippen molar-refractivity contribution in [3.8, 4) is 0 Å². The van der Waals surface area contributed by atoms with E-state index < -0.39 is 0 Å². The van der Waals surface area contributed by atoms with Crippen LogP contribution in [0.2, 0.25) is 0 Å². The van der Waals surface area contributed by atoms with Gasteiger partial charge in [-0.1, -0.05) is 12.1 Å². The first kappa shape index (κ1) is 18.2. The van der Waals surface area contributed by atoms with Crippen LogP contribution in [0.3, 0.4) is 0 Å². The Morgan fingerprint density at radius 2 is 2.00 bits per heavy atom. The van der Waals surface area contributed by atoms with Crippen LogP contribution in [0.25, 0.3) is 0 Å². The number of imidazole rings is 1. The molecule has 0 spiro atoms. The minimum atomic E-state index is 0. The first-order valence-corrected chi connectivity index (χ1v) is 9.02. The average molecular weight is 451 g/mol. The van der Waals surface area contributed by atoms with Crippen molar-refractivity contribution in [3.05, 3.63) is 47.0 Å². The highest BCUT2D eigenvalue weighted by Gasteiger charge is 2.14. The van der Waals surface area contributed by atoms with Crippen LogP contribution in [0.15, 0.2) is 29.4 Å². The van der Waals surface area contributed by atoms with Crippen LogP contribution in [0.1, 0.15) is 48.3 Å². The van der Waals surface area contributed by atoms with Gasteiger partial charge in [-0.2, -0.15) is 0 Å². The smallest absolute Gasteiger partial charge is 0.193 e. The number of nitrogens with two attached hydrogens (primary N) is 1. The second-order valence-electron chi connectivity index (χ2n) is 6.78. The highest BCUT2D eigenvalue weighted by atomic mass is 127. The molecule has 0 fully saturated rings. The number of hydrogen-bond acceptors (Lipinski definition) is 2. The van der Waals surface area contributed by atoms with E-state index in [0.717, 1.165) is 30.8 Å². The fraction of sp³-hybridized carbons (Fsp3) is 0.474. The summed E-state index contributed by atoms with van der Waals surface area (Å²) in [5.74, 6) is 1.66. The lowest BCUT2D eigenvalue weighted by Gasteiger charge is -2.19. The van der Waals surface area contributed by atoms with Crippen LogP contribution in [0, 0.1) is 0 Å². The monoisotopic (exact) mass is 451 g/mol. The maximum absolute atomic E-state index is 6.11. The lowest BCUT2D eigenvalue weighted by Crippen LogP contribution is -2.24. The minimum absolute atomic E-state index is 0. The Morgan fingerprint density at radius 1 is 1.16 bits per heavy atom. The van der Waals surface area contributed by atoms with Gasteiger partial charge in [-0.05, 0) is 55.7 Å². The Hall–Kier alpha value is -1.57. The number of nitrogens with one attached hydrogen (secondary N) is 1. The quantitative estimate of drug-likeness (QED) is 0.426. The van der Waals surface area contributed by atoms with E-state index in [-0.39, 0.29) is 24.0 Å². The van der Waals surface area contributed by atoms with E-state index in [1.807, 2.05) is 0 Å². The largest absolute Gasteiger partial charge is 0.370 e. The highest BCUT2D eigenvalue weighted by molar-refractivity contribution is 14.0. The fourth-order valence-corrected chi connectivity index (χ4v) is 3.79. The van der Waals surface area contributed by atoms with Crippen LogP contribution < -0.4 is 11.1 Å². The summed E-state index contributed by atoms with van der Waals surface area (Å²) in [5, 5.41) is 3.30. The van der Waals surface area contributed by atoms with Gasteiger partial charge in [0.1, 0.15) is 5.82 Å². The molecule has 2 aliphatic rings. The number of aliphatic imine (C=N–C) groups is 1. The topological polar surface area (TPSA) is 68.2 Å². The van der Waals surface area contributed by atoms with Crippen molar-refractivity contribution in [1.29, 1.82) is 0 Å². The molecule has 1 aromatic carbocycles. The van der Waals surface area contributed by atoms with E-state index in [1.54, 1.807) is 0 Å². The van der Waals surface area contributed by atoms with Crippen molar-refractivity contribution in [1.82, 2.24) is 9.55 Å². The first-order valence-electron chi connectivity index (χ1n) is 9.02. The summed E-state index contributed by atoms with van der Waals surface area (Å²) in [4.78, 5) is 9.16. The van der Waals surface area contributed by atoms with Gasteiger partial charge in [0.15, 0.2) is 5.96 Å². The molecule has 2 aromatic rings. The number of fused-ring (bicyclic) bond motifs is 2. The molecule has 0 atom stereocenters. The van der Waals surface area contributed by atoms with Crippen LogP contribution >= 0.6 is 24.0 Å². The number of aromatic nitrogens is 2. The molecule has 25 heavy (non-hydrogen) atoms. The summed E-state index contributed by atoms with van der Waals surface area (Å²) in [5.41, 5.74) is 11.1. The van der Waals surface area contributed by atoms with Crippen molar-refractivity contribution in [3.63, 3.8) is 0 Å². The first-order chi connectivity index (χ1) is 11.8. The Labute approximate surface area is 166 Å². The number of aryl methyl sites for hydroxylation is 3. The molecule has 0 unspecified atom stereocenters. The number of anilines is 1. The van der Waals surface area contributed by atoms with E-state index >= 15 is 0 Å². The number of benzene rings is 1. The molecule has 6 heteroatoms. The summed E-state index contributed by atoms with van der Waals surface area (Å²) >= 11 is 0. The summed E-state index contributed by atoms with van der Waals surface area (Å²) < 4.78 is 2.26. The molecule has 0 bridgehead atoms. The molecule has 0 saturated heterocycles. The maximum Gasteiger partial charge on any atom is 0.193 e. The minimum Gasteiger partial charge on any atom is -0.370 e. The van der Waals surface area contributed by atoms with E-state index in [1.165, 1.54) is 49.1 Å². The molecule has 0 saturated carbocycles. The third-order valence-electron chi connectivity index (χ3n) is 5.03. The molecule has 134 valence electrons. The Morgan fingerprint density at radius 3 is 2.88 bits per heavy atom. The predicted molar refractivity (Wildman–Crippen MR) is 113 cm³/mol. The second kappa shape index (κ2) is 8.21. The summed E-state index contributed by atoms with van der Waals surface area (Å²) in [7, 11) is 0. The van der Waals surface area contributed by atoms with E-state index in [2.05, 4.69) is 44.3 Å². The van der Waals surface area contributed by atoms with Crippen molar-refractivity contribution in [2.75, 3.05) is 5.32 Å². The zero-order valence-electron chi connectivity index (χ0n) is 14.5. The molecule has 2 heterocycles. The van der Waals surface area contributed by atoms with Crippen LogP contribution in [0.4, 0.5) is 5.69 Å². The molecule has 0 amide bonds. The molecule has 1 aromatic heterocycles. The Kier molecular flexibility index (Phi) is 5.98. The summed E-state index contributed by atoms with van der Waals surface area (Å²) in [6, 6.07) is 6.42. The van der Waals surface area contributed by atoms with Crippen molar-refractivity contribution in [2.24, 2.45) is 10.7 Å². The molecular weight excluding hydrogens is 425 g/mol. The van der Waals surface area contributed by atoms with Gasteiger partial charge >= 0.3 is 0 Å². The summed E-state index contributed by atoms with van der Waals surface area (Å²) in [6.45, 7) is 1.61. The standard InChI is InChI=1S/C19H25N5.HI/c20-19(21-12-15-13-24-11-4-3-10-18(24)22-15)23-17-9-5-7-14-6-1-2-8-16(14)17;/h5,7,9,13H,1-4,6,8,10-12H2,(H3,20,21,23);1H. The SMILES string of the molecule is I.NC(=NCc1cn2c(n1)CCCC2)Nc1cccc2c1CCCC2. The zero-order valence-corrected chi connectivity index (χ0v) is 16.8. The number of hydrogen-bond donors (Lipinski definition) is 2. The highest BCUT2D eigenvalue weighted by Crippen LogP contribution is 2.27. The number of rotatable bonds is 3. The molecule has 1 aliphatic heterocycles. The van der Waals surface area contributed by atoms with E-state index in [4.69, 9.17) is 5.73 Å². The lowest BCUT2D eigenvalue weighted by atomic mass is 9.90. The van der Waals surface area contributed by atoms with Gasteiger partial charge in [-0.25, -0.2) is 9.98 Å². The van der Waals surface area contributed by atoms with Gasteiger partial charge in [0.05, 0.1) is 12.2 Å². The average Bonchev–Trinajstić information content (AvgIpc) is 3.03. The van der Waals surface area contributed by atoms with Crippen molar-refractivity contribution in [2.45, 2.75) is 58.0 Å². The Bertz CT molecular complexity index is 742. The molecule has 4 rings (SSSR count). The van der Waals surface area contributed by atoms with Gasteiger partial charge in [0.2, 0.25) is 0 Å². The molecule has 1 aliphatic carbocycles. The third kappa shape index (κ3) is 4.16. The van der Waals surface area contributed by atoms with Gasteiger partial charge < -0.3 is 15.6 Å². The van der Waals surface area contributed by atoms with E-state index in [0.29, 0.717) is 12.5 Å². The van der Waals surface area contributed by atoms with Gasteiger partial charge in [0, 0.05) is 24.8 Å². The third-order valence-corrected chi connectivity index (χ3v) is 5.03. The van der Waals surface area contributed by atoms with Crippen molar-refractivity contribution >= 4 is 35.6 Å². The molecule has 0 radical (unpaired) electrons. The number of nitrogens with zero attached hydrogens (tertiary/aromatic N) is 3. The van der Waals surface area contributed by atoms with Crippen LogP contribution in [0.5, 0.6) is 0 Å². The molecular formula is C19H26IN5. The van der Waals surface area contributed by atoms with E-state index in [9.17, 15) is 0 Å². The zero-order chi connectivity index (χ0) is 16.4. The molecule has 5 nitrogen and oxygen atoms in total. The van der Waals surface area contributed by atoms with Crippen LogP contribution in [-0.2, 0) is 32.4 Å².